The summed E-state index contributed by atoms with van der Waals surface area (Å²) in [5.41, 5.74) is 2.14. The van der Waals surface area contributed by atoms with Crippen LogP contribution in [0.1, 0.15) is 35.7 Å². The zero-order chi connectivity index (χ0) is 20.5. The van der Waals surface area contributed by atoms with Crippen molar-refractivity contribution in [3.8, 4) is 0 Å². The number of nitro groups is 1. The predicted octanol–water partition coefficient (Wildman–Crippen LogP) is 3.30. The van der Waals surface area contributed by atoms with Gasteiger partial charge >= 0.3 is 5.97 Å². The molecular weight excluding hydrogens is 374 g/mol. The summed E-state index contributed by atoms with van der Waals surface area (Å²) < 4.78 is 5.32. The molecule has 1 amide bonds. The second-order valence-electron chi connectivity index (χ2n) is 7.32. The number of nitrogens with zero attached hydrogens (tertiary/aromatic N) is 2. The standard InChI is InChI=1S/C21H21N3O5/c1-13(20(25)23-11-10-14-4-2-3-5-18(14)23)29-21(26)15-6-9-17(22-16-7-8-16)19(12-15)24(27)28/h2-6,9,12-13,16,22H,7-8,10-11H2,1H3/t13-/m1/s1. The Morgan fingerprint density at radius 3 is 2.72 bits per heavy atom. The molecule has 2 aromatic carbocycles. The third-order valence-electron chi connectivity index (χ3n) is 5.15. The van der Waals surface area contributed by atoms with Gasteiger partial charge in [-0.15, -0.1) is 0 Å². The minimum Gasteiger partial charge on any atom is -0.449 e. The van der Waals surface area contributed by atoms with Crippen LogP contribution < -0.4 is 10.2 Å². The molecule has 1 aliphatic heterocycles. The van der Waals surface area contributed by atoms with E-state index in [0.29, 0.717) is 12.2 Å². The normalized spacial score (nSPS) is 16.1. The second-order valence-corrected chi connectivity index (χ2v) is 7.32. The molecule has 0 unspecified atom stereocenters. The van der Waals surface area contributed by atoms with Gasteiger partial charge in [-0.25, -0.2) is 4.79 Å². The molecular formula is C21H21N3O5. The maximum atomic E-state index is 12.8. The van der Waals surface area contributed by atoms with Crippen LogP contribution in [0.3, 0.4) is 0 Å². The first-order valence-corrected chi connectivity index (χ1v) is 9.59. The molecule has 0 saturated heterocycles. The summed E-state index contributed by atoms with van der Waals surface area (Å²) >= 11 is 0. The van der Waals surface area contributed by atoms with Crippen LogP contribution in [0, 0.1) is 10.1 Å². The highest BCUT2D eigenvalue weighted by molar-refractivity contribution is 6.00. The number of nitro benzene ring substituents is 1. The Morgan fingerprint density at radius 1 is 1.24 bits per heavy atom. The lowest BCUT2D eigenvalue weighted by Gasteiger charge is -2.21. The first-order chi connectivity index (χ1) is 13.9. The van der Waals surface area contributed by atoms with Gasteiger partial charge in [0.2, 0.25) is 0 Å². The molecule has 1 fully saturated rings. The van der Waals surface area contributed by atoms with E-state index in [2.05, 4.69) is 5.32 Å². The number of nitrogens with one attached hydrogen (secondary N) is 1. The maximum Gasteiger partial charge on any atom is 0.339 e. The Morgan fingerprint density at radius 2 is 2.00 bits per heavy atom. The monoisotopic (exact) mass is 395 g/mol. The van der Waals surface area contributed by atoms with Gasteiger partial charge in [-0.2, -0.15) is 0 Å². The quantitative estimate of drug-likeness (QED) is 0.457. The molecule has 0 bridgehead atoms. The fraction of sp³-hybridized carbons (Fsp3) is 0.333. The zero-order valence-corrected chi connectivity index (χ0v) is 16.0. The van der Waals surface area contributed by atoms with Gasteiger partial charge in [0, 0.05) is 24.3 Å². The minimum atomic E-state index is -1.00. The molecule has 29 heavy (non-hydrogen) atoms. The molecule has 0 radical (unpaired) electrons. The fourth-order valence-corrected chi connectivity index (χ4v) is 3.44. The Bertz CT molecular complexity index is 986. The van der Waals surface area contributed by atoms with Crippen LogP contribution in [0.2, 0.25) is 0 Å². The topological polar surface area (TPSA) is 102 Å². The lowest BCUT2D eigenvalue weighted by atomic mass is 10.1. The minimum absolute atomic E-state index is 0.0412. The molecule has 1 heterocycles. The molecule has 4 rings (SSSR count). The van der Waals surface area contributed by atoms with E-state index in [0.717, 1.165) is 30.5 Å². The van der Waals surface area contributed by atoms with E-state index in [1.807, 2.05) is 24.3 Å². The van der Waals surface area contributed by atoms with Crippen molar-refractivity contribution in [3.63, 3.8) is 0 Å². The van der Waals surface area contributed by atoms with Crippen LogP contribution in [0.15, 0.2) is 42.5 Å². The van der Waals surface area contributed by atoms with Crippen LogP contribution in [-0.4, -0.2) is 35.5 Å². The zero-order valence-electron chi connectivity index (χ0n) is 16.0. The molecule has 1 saturated carbocycles. The first kappa shape index (κ1) is 18.9. The van der Waals surface area contributed by atoms with Crippen molar-refractivity contribution in [1.29, 1.82) is 0 Å². The van der Waals surface area contributed by atoms with Crippen LogP contribution in [0.25, 0.3) is 0 Å². The Hall–Kier alpha value is -3.42. The largest absolute Gasteiger partial charge is 0.449 e. The van der Waals surface area contributed by atoms with E-state index in [4.69, 9.17) is 4.74 Å². The van der Waals surface area contributed by atoms with Crippen LogP contribution in [-0.2, 0) is 16.0 Å². The smallest absolute Gasteiger partial charge is 0.339 e. The van der Waals surface area contributed by atoms with Crippen molar-refractivity contribution in [2.75, 3.05) is 16.8 Å². The van der Waals surface area contributed by atoms with Gasteiger partial charge in [-0.1, -0.05) is 18.2 Å². The summed E-state index contributed by atoms with van der Waals surface area (Å²) in [6.45, 7) is 2.05. The molecule has 150 valence electrons. The third kappa shape index (κ3) is 3.91. The van der Waals surface area contributed by atoms with Crippen molar-refractivity contribution in [3.05, 3.63) is 63.7 Å². The highest BCUT2D eigenvalue weighted by Crippen LogP contribution is 2.32. The van der Waals surface area contributed by atoms with Gasteiger partial charge in [0.15, 0.2) is 6.10 Å². The molecule has 1 N–H and O–H groups in total. The number of benzene rings is 2. The Kier molecular flexibility index (Phi) is 4.92. The molecule has 2 aromatic rings. The molecule has 1 aliphatic carbocycles. The summed E-state index contributed by atoms with van der Waals surface area (Å²) in [4.78, 5) is 37.7. The van der Waals surface area contributed by atoms with Crippen LogP contribution >= 0.6 is 0 Å². The molecule has 1 atom stereocenters. The van der Waals surface area contributed by atoms with Crippen molar-refractivity contribution < 1.29 is 19.2 Å². The number of hydrogen-bond donors (Lipinski definition) is 1. The molecule has 2 aliphatic rings. The Balaban J connectivity index is 1.46. The SMILES string of the molecule is C[C@@H](OC(=O)c1ccc(NC2CC2)c([N+](=O)[O-])c1)C(=O)N1CCc2ccccc21. The predicted molar refractivity (Wildman–Crippen MR) is 107 cm³/mol. The number of hydrogen-bond acceptors (Lipinski definition) is 6. The number of carbonyl (C=O) groups excluding carboxylic acids is 2. The van der Waals surface area contributed by atoms with Gasteiger partial charge in [0.05, 0.1) is 10.5 Å². The first-order valence-electron chi connectivity index (χ1n) is 9.59. The highest BCUT2D eigenvalue weighted by Gasteiger charge is 2.31. The summed E-state index contributed by atoms with van der Waals surface area (Å²) in [7, 11) is 0. The van der Waals surface area contributed by atoms with Crippen molar-refractivity contribution >= 4 is 28.9 Å². The Labute approximate surface area is 167 Å². The van der Waals surface area contributed by atoms with E-state index in [-0.39, 0.29) is 23.2 Å². The number of fused-ring (bicyclic) bond motifs is 1. The molecule has 0 aromatic heterocycles. The number of carbonyl (C=O) groups is 2. The fourth-order valence-electron chi connectivity index (χ4n) is 3.44. The number of rotatable bonds is 6. The van der Waals surface area contributed by atoms with E-state index in [1.54, 1.807) is 4.90 Å². The van der Waals surface area contributed by atoms with Crippen LogP contribution in [0.4, 0.5) is 17.1 Å². The van der Waals surface area contributed by atoms with E-state index in [9.17, 15) is 19.7 Å². The number of para-hydroxylation sites is 1. The second kappa shape index (κ2) is 7.54. The summed E-state index contributed by atoms with van der Waals surface area (Å²) in [6, 6.07) is 12.0. The third-order valence-corrected chi connectivity index (χ3v) is 5.15. The number of esters is 1. The van der Waals surface area contributed by atoms with Gasteiger partial charge in [0.1, 0.15) is 5.69 Å². The van der Waals surface area contributed by atoms with Crippen LogP contribution in [0.5, 0.6) is 0 Å². The summed E-state index contributed by atoms with van der Waals surface area (Å²) in [5, 5.41) is 14.5. The molecule has 8 heteroatoms. The van der Waals surface area contributed by atoms with E-state index in [1.165, 1.54) is 25.1 Å². The van der Waals surface area contributed by atoms with Gasteiger partial charge in [-0.3, -0.25) is 14.9 Å². The van der Waals surface area contributed by atoms with Crippen molar-refractivity contribution in [2.24, 2.45) is 0 Å². The lowest BCUT2D eigenvalue weighted by Crippen LogP contribution is -2.39. The van der Waals surface area contributed by atoms with E-state index >= 15 is 0 Å². The van der Waals surface area contributed by atoms with Gasteiger partial charge < -0.3 is 15.0 Å². The number of anilines is 2. The van der Waals surface area contributed by atoms with Gasteiger partial charge in [0.25, 0.3) is 11.6 Å². The lowest BCUT2D eigenvalue weighted by molar-refractivity contribution is -0.384. The maximum absolute atomic E-state index is 12.8. The molecule has 8 nitrogen and oxygen atoms in total. The number of amides is 1. The van der Waals surface area contributed by atoms with E-state index < -0.39 is 17.0 Å². The summed E-state index contributed by atoms with van der Waals surface area (Å²) in [5.74, 6) is -1.08. The average molecular weight is 395 g/mol. The van der Waals surface area contributed by atoms with Gasteiger partial charge in [-0.05, 0) is 49.9 Å². The molecule has 0 spiro atoms. The van der Waals surface area contributed by atoms with Crippen molar-refractivity contribution in [2.45, 2.75) is 38.3 Å². The van der Waals surface area contributed by atoms with Crippen molar-refractivity contribution in [1.82, 2.24) is 0 Å². The highest BCUT2D eigenvalue weighted by atomic mass is 16.6. The average Bonchev–Trinajstić information content (AvgIpc) is 3.42. The number of ether oxygens (including phenoxy) is 1. The summed E-state index contributed by atoms with van der Waals surface area (Å²) in [6.07, 6.45) is 1.70.